The first-order valence-electron chi connectivity index (χ1n) is 34.2. The Morgan fingerprint density at radius 2 is 0.752 bits per heavy atom. The van der Waals surface area contributed by atoms with Crippen molar-refractivity contribution in [1.82, 2.24) is 62.6 Å². The Kier molecular flexibility index (Phi) is 29.9. The summed E-state index contributed by atoms with van der Waals surface area (Å²) in [5.74, 6) is -3.45. The molecule has 2 unspecified atom stereocenters. The maximum absolute atomic E-state index is 14.5. The van der Waals surface area contributed by atoms with Crippen LogP contribution in [0.25, 0.3) is 0 Å². The van der Waals surface area contributed by atoms with Crippen LogP contribution in [0.1, 0.15) is 126 Å². The third-order valence-corrected chi connectivity index (χ3v) is 16.7. The predicted molar refractivity (Wildman–Crippen MR) is 381 cm³/mol. The van der Waals surface area contributed by atoms with Crippen LogP contribution in [0.5, 0.6) is 11.5 Å². The smallest absolute Gasteiger partial charge is 0.407 e. The fourth-order valence-electron chi connectivity index (χ4n) is 11.3. The summed E-state index contributed by atoms with van der Waals surface area (Å²) < 4.78 is 29.2. The molecule has 0 aromatic heterocycles. The molecule has 0 aliphatic carbocycles. The van der Waals surface area contributed by atoms with E-state index in [0.717, 1.165) is 11.1 Å². The third kappa shape index (κ3) is 24.3. The zero-order chi connectivity index (χ0) is 71.9. The van der Waals surface area contributed by atoms with Crippen molar-refractivity contribution >= 4 is 53.4 Å². The van der Waals surface area contributed by atoms with E-state index in [9.17, 15) is 43.2 Å². The summed E-state index contributed by atoms with van der Waals surface area (Å²) in [5, 5.41) is 26.6. The average molecular weight is 1390 g/mol. The molecule has 3 heterocycles. The summed E-state index contributed by atoms with van der Waals surface area (Å²) in [6.07, 6.45) is -0.538. The Bertz CT molecular complexity index is 3800. The van der Waals surface area contributed by atoms with E-state index in [1.165, 1.54) is 0 Å². The van der Waals surface area contributed by atoms with Crippen molar-refractivity contribution in [2.45, 2.75) is 53.4 Å². The summed E-state index contributed by atoms with van der Waals surface area (Å²) in [6, 6.07) is 38.2. The van der Waals surface area contributed by atoms with Gasteiger partial charge in [0.05, 0.1) is 48.7 Å². The van der Waals surface area contributed by atoms with Gasteiger partial charge in [0, 0.05) is 140 Å². The molecule has 3 aliphatic rings. The third-order valence-electron chi connectivity index (χ3n) is 16.7. The monoisotopic (exact) mass is 1390 g/mol. The molecule has 101 heavy (non-hydrogen) atoms. The van der Waals surface area contributed by atoms with E-state index in [1.807, 2.05) is 70.5 Å². The maximum Gasteiger partial charge on any atom is 0.407 e. The van der Waals surface area contributed by atoms with Gasteiger partial charge in [-0.05, 0) is 105 Å². The van der Waals surface area contributed by atoms with Gasteiger partial charge in [-0.2, -0.15) is 0 Å². The van der Waals surface area contributed by atoms with Crippen LogP contribution >= 0.6 is 0 Å². The number of nitrogens with one attached hydrogen (secondary N) is 9. The Morgan fingerprint density at radius 3 is 1.18 bits per heavy atom. The van der Waals surface area contributed by atoms with Crippen LogP contribution in [0, 0.1) is 13.8 Å². The van der Waals surface area contributed by atoms with Crippen LogP contribution in [-0.4, -0.2) is 218 Å². The van der Waals surface area contributed by atoms with Gasteiger partial charge in [0.1, 0.15) is 30.3 Å². The average Bonchev–Trinajstić information content (AvgIpc) is 0.856. The summed E-state index contributed by atoms with van der Waals surface area (Å²) in [4.78, 5) is 131. The van der Waals surface area contributed by atoms with Crippen LogP contribution in [0.3, 0.4) is 0 Å². The lowest BCUT2D eigenvalue weighted by atomic mass is 10.0. The molecule has 538 valence electrons. The molecule has 9 amide bonds. The first kappa shape index (κ1) is 76.5. The first-order chi connectivity index (χ1) is 48.8. The number of ether oxygens (including phenoxy) is 5. The molecule has 2 atom stereocenters. The number of carbonyl (C=O) groups is 9. The molecule has 0 saturated heterocycles. The van der Waals surface area contributed by atoms with Crippen molar-refractivity contribution in [2.75, 3.05) is 144 Å². The van der Waals surface area contributed by atoms with Crippen molar-refractivity contribution in [1.29, 1.82) is 0 Å². The molecule has 3 aliphatic heterocycles. The largest absolute Gasteiger partial charge is 0.487 e. The number of carbonyl (C=O) groups excluding carboxylic acids is 9. The molecular formula is C75H94N12O14. The molecule has 0 radical (unpaired) electrons. The molecule has 9 rings (SSSR count). The van der Waals surface area contributed by atoms with Gasteiger partial charge < -0.3 is 71.5 Å². The van der Waals surface area contributed by atoms with Gasteiger partial charge in [0.15, 0.2) is 0 Å². The molecule has 8 bridgehead atoms. The van der Waals surface area contributed by atoms with E-state index in [0.29, 0.717) is 59.6 Å². The Balaban J connectivity index is 1.03. The highest BCUT2D eigenvalue weighted by Gasteiger charge is 2.26. The maximum atomic E-state index is 14.5. The number of rotatable bonds is 20. The molecule has 0 spiro atoms. The topological polar surface area (TPSA) is 318 Å². The van der Waals surface area contributed by atoms with E-state index in [-0.39, 0.29) is 171 Å². The van der Waals surface area contributed by atoms with E-state index in [4.69, 9.17) is 23.7 Å². The Morgan fingerprint density at radius 1 is 0.396 bits per heavy atom. The van der Waals surface area contributed by atoms with Crippen LogP contribution < -0.4 is 57.3 Å². The number of hydrogen-bond donors (Lipinski definition) is 9. The molecule has 6 aromatic rings. The summed E-state index contributed by atoms with van der Waals surface area (Å²) in [7, 11) is 0. The van der Waals surface area contributed by atoms with E-state index in [2.05, 4.69) is 52.8 Å². The molecule has 6 aromatic carbocycles. The number of alkyl carbamates (subject to hydrolysis) is 1. The highest BCUT2D eigenvalue weighted by atomic mass is 16.6. The van der Waals surface area contributed by atoms with Crippen molar-refractivity contribution in [3.05, 3.63) is 200 Å². The summed E-state index contributed by atoms with van der Waals surface area (Å²) >= 11 is 0. The lowest BCUT2D eigenvalue weighted by Gasteiger charge is -2.28. The van der Waals surface area contributed by atoms with Gasteiger partial charge in [-0.1, -0.05) is 84.9 Å². The lowest BCUT2D eigenvalue weighted by molar-refractivity contribution is 0.0399. The number of hydrogen-bond acceptors (Lipinski definition) is 17. The van der Waals surface area contributed by atoms with Crippen molar-refractivity contribution in [2.24, 2.45) is 0 Å². The minimum atomic E-state index is -0.618. The molecule has 0 fully saturated rings. The number of nitrogens with zero attached hydrogens (tertiary/aromatic N) is 3. The minimum absolute atomic E-state index is 0.0444. The van der Waals surface area contributed by atoms with Gasteiger partial charge in [-0.25, -0.2) is 4.79 Å². The van der Waals surface area contributed by atoms with E-state index >= 15 is 0 Å². The highest BCUT2D eigenvalue weighted by molar-refractivity contribution is 6.06. The van der Waals surface area contributed by atoms with E-state index in [1.54, 1.807) is 107 Å². The minimum Gasteiger partial charge on any atom is -0.487 e. The van der Waals surface area contributed by atoms with Gasteiger partial charge in [0.2, 0.25) is 0 Å². The summed E-state index contributed by atoms with van der Waals surface area (Å²) in [5.41, 5.74) is 3.68. The molecule has 26 heteroatoms. The van der Waals surface area contributed by atoms with Gasteiger partial charge in [-0.15, -0.1) is 0 Å². The molecule has 0 saturated carbocycles. The first-order valence-corrected chi connectivity index (χ1v) is 34.2. The number of benzene rings is 6. The van der Waals surface area contributed by atoms with Gasteiger partial charge >= 0.3 is 6.09 Å². The zero-order valence-corrected chi connectivity index (χ0v) is 58.2. The molecule has 26 nitrogen and oxygen atoms in total. The second-order valence-electron chi connectivity index (χ2n) is 25.1. The fourth-order valence-corrected chi connectivity index (χ4v) is 11.3. The second-order valence-corrected chi connectivity index (χ2v) is 25.1. The number of fused-ring (bicyclic) bond motifs is 21. The van der Waals surface area contributed by atoms with Crippen LogP contribution in [0.2, 0.25) is 0 Å². The molecule has 9 N–H and O–H groups in total. The molecular weight excluding hydrogens is 1290 g/mol. The SMILES string of the molecule is Cc1c2cccc1C(=O)NCCN(CCNC(=O)c1cccc(C(=O)NCCOCCOCCNC(=O)OC(C)(C)C)c1OCc1ccccc1)CCN1CCNC(=O)c3cccc(c3C)C(=O)NCCN(CCNC2=O)CCNC(=O)c2cccc(c2OCc2ccccc2)C(=O)NCC1. The Hall–Kier alpha value is -10.3. The number of amides is 9. The fraction of sp³-hybridized carbons (Fsp3) is 0.400. The highest BCUT2D eigenvalue weighted by Crippen LogP contribution is 2.28. The second kappa shape index (κ2) is 39.5. The van der Waals surface area contributed by atoms with Gasteiger partial charge in [-0.3, -0.25) is 53.1 Å². The quantitative estimate of drug-likeness (QED) is 0.0460. The number of para-hydroxylation sites is 2. The Labute approximate surface area is 589 Å². The van der Waals surface area contributed by atoms with Crippen molar-refractivity contribution in [3.63, 3.8) is 0 Å². The lowest BCUT2D eigenvalue weighted by Crippen LogP contribution is -2.46. The van der Waals surface area contributed by atoms with Crippen LogP contribution in [0.15, 0.2) is 133 Å². The zero-order valence-electron chi connectivity index (χ0n) is 58.2. The van der Waals surface area contributed by atoms with Crippen molar-refractivity contribution in [3.8, 4) is 11.5 Å². The normalized spacial score (nSPS) is 16.6. The van der Waals surface area contributed by atoms with Crippen LogP contribution in [0.4, 0.5) is 4.79 Å². The van der Waals surface area contributed by atoms with Gasteiger partial charge in [0.25, 0.3) is 47.3 Å². The predicted octanol–water partition coefficient (Wildman–Crippen LogP) is 4.89. The summed E-state index contributed by atoms with van der Waals surface area (Å²) in [6.45, 7) is 13.7. The van der Waals surface area contributed by atoms with E-state index < -0.39 is 53.0 Å². The van der Waals surface area contributed by atoms with Crippen molar-refractivity contribution < 1.29 is 66.8 Å². The van der Waals surface area contributed by atoms with Crippen LogP contribution in [-0.2, 0) is 27.4 Å². The standard InChI is InChI=1S/C75H94N12O14/c1-52-56-20-12-22-58(52)68(90)78-31-40-86-42-33-81-71(93)61-25-14-24-60(64(61)99-50-54-16-8-6-9-17-54)70(92)80-30-39-85(37-28-76-66(56)88)38-29-77-67(89)57-21-13-23-59(53(57)2)69(91)79-32-41-87(45-44-86)43-34-82-72(94)62-26-15-27-63(65(62)100-51-55-18-10-7-11-19-55)73(95)83-35-46-97-48-49-98-47-36-84-74(96)101-75(3,4)5/h6-27H,28-51H2,1-5H3,(H,76,88)(H,77,89)(H,78,90)(H,79,91)(H,80,92)(H,81,93)(H,82,94)(H,83,95)(H,84,96).